The standard InChI is InChI=1S/C7H9N3/c1-3-6(4-8)7(5-9)10-2/h10H,3H2,1-2H3/b7-6-. The lowest BCUT2D eigenvalue weighted by molar-refractivity contribution is 0.984. The summed E-state index contributed by atoms with van der Waals surface area (Å²) in [7, 11) is 1.63. The number of nitrogens with one attached hydrogen (secondary N) is 1. The molecule has 0 heterocycles. The molecule has 0 spiro atoms. The summed E-state index contributed by atoms with van der Waals surface area (Å²) in [6.45, 7) is 1.84. The molecule has 0 unspecified atom stereocenters. The van der Waals surface area contributed by atoms with E-state index >= 15 is 0 Å². The summed E-state index contributed by atoms with van der Waals surface area (Å²) >= 11 is 0. The van der Waals surface area contributed by atoms with Crippen LogP contribution in [0.2, 0.25) is 0 Å². The Morgan fingerprint density at radius 3 is 2.10 bits per heavy atom. The van der Waals surface area contributed by atoms with Crippen LogP contribution >= 0.6 is 0 Å². The lowest BCUT2D eigenvalue weighted by Gasteiger charge is -1.96. The maximum absolute atomic E-state index is 8.46. The van der Waals surface area contributed by atoms with Gasteiger partial charge in [0.15, 0.2) is 0 Å². The summed E-state index contributed by atoms with van der Waals surface area (Å²) in [4.78, 5) is 0. The summed E-state index contributed by atoms with van der Waals surface area (Å²) in [5.41, 5.74) is 0.870. The van der Waals surface area contributed by atoms with Crippen molar-refractivity contribution in [2.45, 2.75) is 13.3 Å². The van der Waals surface area contributed by atoms with E-state index in [2.05, 4.69) is 5.32 Å². The molecule has 52 valence electrons. The van der Waals surface area contributed by atoms with Gasteiger partial charge in [-0.2, -0.15) is 10.5 Å². The van der Waals surface area contributed by atoms with E-state index in [0.29, 0.717) is 17.7 Å². The van der Waals surface area contributed by atoms with Gasteiger partial charge in [-0.25, -0.2) is 0 Å². The van der Waals surface area contributed by atoms with Crippen molar-refractivity contribution in [3.8, 4) is 12.1 Å². The van der Waals surface area contributed by atoms with E-state index in [4.69, 9.17) is 10.5 Å². The fourth-order valence-electron chi connectivity index (χ4n) is 0.586. The van der Waals surface area contributed by atoms with Gasteiger partial charge in [0.25, 0.3) is 0 Å². The van der Waals surface area contributed by atoms with Crippen molar-refractivity contribution in [2.75, 3.05) is 7.05 Å². The normalized spacial score (nSPS) is 10.8. The van der Waals surface area contributed by atoms with E-state index in [1.165, 1.54) is 0 Å². The maximum Gasteiger partial charge on any atom is 0.127 e. The van der Waals surface area contributed by atoms with Crippen LogP contribution in [-0.4, -0.2) is 7.05 Å². The Morgan fingerprint density at radius 1 is 1.40 bits per heavy atom. The predicted molar refractivity (Wildman–Crippen MR) is 37.6 cm³/mol. The van der Waals surface area contributed by atoms with Gasteiger partial charge in [-0.05, 0) is 6.42 Å². The average molecular weight is 135 g/mol. The molecule has 0 aromatic heterocycles. The van der Waals surface area contributed by atoms with E-state index in [9.17, 15) is 0 Å². The van der Waals surface area contributed by atoms with Gasteiger partial charge in [0.2, 0.25) is 0 Å². The number of hydrogen-bond donors (Lipinski definition) is 1. The highest BCUT2D eigenvalue weighted by Crippen LogP contribution is 2.02. The molecule has 1 N–H and O–H groups in total. The second-order valence-corrected chi connectivity index (χ2v) is 1.68. The monoisotopic (exact) mass is 135 g/mol. The molecule has 0 bridgehead atoms. The van der Waals surface area contributed by atoms with Crippen LogP contribution in [0, 0.1) is 22.7 Å². The van der Waals surface area contributed by atoms with Gasteiger partial charge in [-0.1, -0.05) is 6.92 Å². The fourth-order valence-corrected chi connectivity index (χ4v) is 0.586. The number of rotatable bonds is 2. The highest BCUT2D eigenvalue weighted by molar-refractivity contribution is 5.34. The fraction of sp³-hybridized carbons (Fsp3) is 0.429. The van der Waals surface area contributed by atoms with Gasteiger partial charge in [0.1, 0.15) is 11.8 Å². The molecule has 0 radical (unpaired) electrons. The van der Waals surface area contributed by atoms with Crippen molar-refractivity contribution in [1.82, 2.24) is 5.32 Å². The molecular weight excluding hydrogens is 126 g/mol. The van der Waals surface area contributed by atoms with E-state index < -0.39 is 0 Å². The Hall–Kier alpha value is -1.48. The summed E-state index contributed by atoms with van der Waals surface area (Å²) in [5.74, 6) is 0. The third kappa shape index (κ3) is 1.80. The van der Waals surface area contributed by atoms with Crippen LogP contribution in [0.3, 0.4) is 0 Å². The number of nitrogens with zero attached hydrogens (tertiary/aromatic N) is 2. The molecule has 0 aliphatic rings. The van der Waals surface area contributed by atoms with E-state index in [1.54, 1.807) is 7.05 Å². The first-order chi connectivity index (χ1) is 4.79. The molecule has 3 heteroatoms. The van der Waals surface area contributed by atoms with Crippen LogP contribution < -0.4 is 5.32 Å². The Kier molecular flexibility index (Phi) is 3.75. The van der Waals surface area contributed by atoms with E-state index in [0.717, 1.165) is 0 Å². The first kappa shape index (κ1) is 8.52. The van der Waals surface area contributed by atoms with Crippen LogP contribution in [0.15, 0.2) is 11.3 Å². The minimum atomic E-state index is 0.366. The summed E-state index contributed by atoms with van der Waals surface area (Å²) in [6, 6.07) is 3.85. The van der Waals surface area contributed by atoms with Gasteiger partial charge in [0, 0.05) is 7.05 Å². The van der Waals surface area contributed by atoms with Crippen molar-refractivity contribution >= 4 is 0 Å². The minimum Gasteiger partial charge on any atom is -0.379 e. The third-order valence-corrected chi connectivity index (χ3v) is 1.15. The highest BCUT2D eigenvalue weighted by Gasteiger charge is 1.99. The molecule has 0 rings (SSSR count). The highest BCUT2D eigenvalue weighted by atomic mass is 14.8. The third-order valence-electron chi connectivity index (χ3n) is 1.15. The number of nitriles is 2. The van der Waals surface area contributed by atoms with Gasteiger partial charge >= 0.3 is 0 Å². The Morgan fingerprint density at radius 2 is 2.00 bits per heavy atom. The molecule has 0 saturated heterocycles. The van der Waals surface area contributed by atoms with Crippen molar-refractivity contribution in [3.05, 3.63) is 11.3 Å². The number of hydrogen-bond acceptors (Lipinski definition) is 3. The molecule has 0 aliphatic carbocycles. The van der Waals surface area contributed by atoms with Crippen molar-refractivity contribution < 1.29 is 0 Å². The van der Waals surface area contributed by atoms with Gasteiger partial charge < -0.3 is 5.32 Å². The first-order valence-corrected chi connectivity index (χ1v) is 3.01. The number of allylic oxidation sites excluding steroid dienone is 2. The Bertz CT molecular complexity index is 190. The average Bonchev–Trinajstić information content (AvgIpc) is 2.00. The van der Waals surface area contributed by atoms with Crippen molar-refractivity contribution in [1.29, 1.82) is 10.5 Å². The molecule has 0 fully saturated rings. The van der Waals surface area contributed by atoms with Gasteiger partial charge in [0.05, 0.1) is 11.6 Å². The maximum atomic E-state index is 8.46. The molecule has 0 aromatic carbocycles. The van der Waals surface area contributed by atoms with Gasteiger partial charge in [-0.3, -0.25) is 0 Å². The molecular formula is C7H9N3. The van der Waals surface area contributed by atoms with Crippen LogP contribution in [-0.2, 0) is 0 Å². The molecule has 0 aromatic rings. The van der Waals surface area contributed by atoms with E-state index in [1.807, 2.05) is 19.1 Å². The quantitative estimate of drug-likeness (QED) is 0.572. The smallest absolute Gasteiger partial charge is 0.127 e. The zero-order chi connectivity index (χ0) is 7.98. The first-order valence-electron chi connectivity index (χ1n) is 3.01. The summed E-state index contributed by atoms with van der Waals surface area (Å²) < 4.78 is 0. The van der Waals surface area contributed by atoms with Crippen LogP contribution in [0.1, 0.15) is 13.3 Å². The second-order valence-electron chi connectivity index (χ2n) is 1.68. The molecule has 0 amide bonds. The molecule has 0 atom stereocenters. The minimum absolute atomic E-state index is 0.366. The second kappa shape index (κ2) is 4.40. The molecule has 0 aliphatic heterocycles. The lowest BCUT2D eigenvalue weighted by atomic mass is 10.2. The zero-order valence-corrected chi connectivity index (χ0v) is 6.10. The van der Waals surface area contributed by atoms with Crippen molar-refractivity contribution in [3.63, 3.8) is 0 Å². The SMILES string of the molecule is CC/C(C#N)=C(\C#N)NC. The van der Waals surface area contributed by atoms with Gasteiger partial charge in [-0.15, -0.1) is 0 Å². The van der Waals surface area contributed by atoms with Crippen LogP contribution in [0.5, 0.6) is 0 Å². The predicted octanol–water partition coefficient (Wildman–Crippen LogP) is 0.917. The van der Waals surface area contributed by atoms with Crippen LogP contribution in [0.25, 0.3) is 0 Å². The summed E-state index contributed by atoms with van der Waals surface area (Å²) in [5, 5.41) is 19.5. The molecule has 3 nitrogen and oxygen atoms in total. The lowest BCUT2D eigenvalue weighted by Crippen LogP contribution is -2.06. The summed E-state index contributed by atoms with van der Waals surface area (Å²) in [6.07, 6.45) is 0.597. The van der Waals surface area contributed by atoms with E-state index in [-0.39, 0.29) is 0 Å². The zero-order valence-electron chi connectivity index (χ0n) is 6.10. The molecule has 10 heavy (non-hydrogen) atoms. The Balaban J connectivity index is 4.62. The largest absolute Gasteiger partial charge is 0.379 e. The molecule has 0 saturated carbocycles. The Labute approximate surface area is 60.6 Å². The van der Waals surface area contributed by atoms with Crippen LogP contribution in [0.4, 0.5) is 0 Å². The topological polar surface area (TPSA) is 59.6 Å². The van der Waals surface area contributed by atoms with Crippen molar-refractivity contribution in [2.24, 2.45) is 0 Å².